The van der Waals surface area contributed by atoms with Gasteiger partial charge in [0.25, 0.3) is 0 Å². The van der Waals surface area contributed by atoms with Crippen LogP contribution in [0.5, 0.6) is 0 Å². The lowest BCUT2D eigenvalue weighted by molar-refractivity contribution is 0.926. The Balaban J connectivity index is 1.95. The highest BCUT2D eigenvalue weighted by Gasteiger charge is 2.54. The lowest BCUT2D eigenvalue weighted by Gasteiger charge is -2.35. The standard InChI is InChI=1S/C26H32Cl2Si3/c1-17-23(30(3,4)5)19-13-9-11-15-21(19)25(17,27)29-26(28)18(2)24(31(6,7)8)20-14-10-12-16-22(20)26/h9-16H,1-8H3. The Hall–Kier alpha value is -0.849. The summed E-state index contributed by atoms with van der Waals surface area (Å²) in [5, 5.41) is 3.01. The van der Waals surface area contributed by atoms with Crippen molar-refractivity contribution in [1.29, 1.82) is 0 Å². The van der Waals surface area contributed by atoms with Gasteiger partial charge in [0.05, 0.1) is 25.1 Å². The summed E-state index contributed by atoms with van der Waals surface area (Å²) >= 11 is 15.4. The van der Waals surface area contributed by atoms with Crippen LogP contribution in [0.25, 0.3) is 10.4 Å². The van der Waals surface area contributed by atoms with Crippen LogP contribution in [0.1, 0.15) is 36.1 Å². The molecule has 2 unspecified atom stereocenters. The fraction of sp³-hybridized carbons (Fsp3) is 0.385. The molecule has 0 aliphatic heterocycles. The Morgan fingerprint density at radius 3 is 1.26 bits per heavy atom. The van der Waals surface area contributed by atoms with Crippen molar-refractivity contribution < 1.29 is 0 Å². The number of benzene rings is 2. The van der Waals surface area contributed by atoms with Crippen molar-refractivity contribution in [3.05, 3.63) is 81.9 Å². The van der Waals surface area contributed by atoms with E-state index in [1.807, 2.05) is 0 Å². The average molecular weight is 500 g/mol. The summed E-state index contributed by atoms with van der Waals surface area (Å²) in [7, 11) is -2.85. The predicted molar refractivity (Wildman–Crippen MR) is 146 cm³/mol. The van der Waals surface area contributed by atoms with Gasteiger partial charge in [-0.15, -0.1) is 23.2 Å². The van der Waals surface area contributed by atoms with Crippen LogP contribution < -0.4 is 0 Å². The molecule has 0 saturated carbocycles. The van der Waals surface area contributed by atoms with Gasteiger partial charge >= 0.3 is 0 Å². The Labute approximate surface area is 202 Å². The van der Waals surface area contributed by atoms with Crippen LogP contribution in [0.15, 0.2) is 59.7 Å². The van der Waals surface area contributed by atoms with Gasteiger partial charge in [-0.1, -0.05) is 109 Å². The summed E-state index contributed by atoms with van der Waals surface area (Å²) in [6.45, 7) is 19.0. The third-order valence-corrected chi connectivity index (χ3v) is 14.6. The summed E-state index contributed by atoms with van der Waals surface area (Å²) in [6.07, 6.45) is 0. The van der Waals surface area contributed by atoms with E-state index in [1.54, 1.807) is 0 Å². The zero-order chi connectivity index (χ0) is 23.0. The van der Waals surface area contributed by atoms with Crippen LogP contribution in [0, 0.1) is 0 Å². The van der Waals surface area contributed by atoms with Crippen molar-refractivity contribution in [2.24, 2.45) is 0 Å². The summed E-state index contributed by atoms with van der Waals surface area (Å²) in [4.78, 5) is 0. The molecule has 0 fully saturated rings. The largest absolute Gasteiger partial charge is 0.118 e. The highest BCUT2D eigenvalue weighted by Crippen LogP contribution is 2.58. The minimum atomic E-state index is -1.59. The minimum Gasteiger partial charge on any atom is -0.114 e. The molecule has 4 rings (SSSR count). The summed E-state index contributed by atoms with van der Waals surface area (Å²) in [5.41, 5.74) is 7.83. The Morgan fingerprint density at radius 1 is 0.613 bits per heavy atom. The third-order valence-electron chi connectivity index (χ3n) is 6.76. The monoisotopic (exact) mass is 498 g/mol. The molecule has 0 heterocycles. The van der Waals surface area contributed by atoms with Gasteiger partial charge in [-0.3, -0.25) is 0 Å². The average Bonchev–Trinajstić information content (AvgIpc) is 3.01. The molecule has 0 nitrogen and oxygen atoms in total. The molecule has 31 heavy (non-hydrogen) atoms. The molecule has 2 aliphatic carbocycles. The zero-order valence-corrected chi connectivity index (χ0v) is 24.4. The van der Waals surface area contributed by atoms with Crippen LogP contribution in [0.3, 0.4) is 0 Å². The van der Waals surface area contributed by atoms with E-state index in [-0.39, 0.29) is 0 Å². The van der Waals surface area contributed by atoms with Crippen LogP contribution in [0.4, 0.5) is 0 Å². The molecule has 0 N–H and O–H groups in total. The van der Waals surface area contributed by atoms with Crippen molar-refractivity contribution in [2.45, 2.75) is 62.1 Å². The smallest absolute Gasteiger partial charge is 0.114 e. The van der Waals surface area contributed by atoms with E-state index in [0.717, 1.165) is 0 Å². The third kappa shape index (κ3) is 3.43. The fourth-order valence-corrected chi connectivity index (χ4v) is 14.1. The minimum absolute atomic E-state index is 0.330. The Kier molecular flexibility index (Phi) is 5.51. The molecule has 0 aromatic heterocycles. The highest BCUT2D eigenvalue weighted by atomic mass is 35.5. The van der Waals surface area contributed by atoms with Gasteiger partial charge in [-0.2, -0.15) is 0 Å². The van der Waals surface area contributed by atoms with Gasteiger partial charge < -0.3 is 0 Å². The predicted octanol–water partition coefficient (Wildman–Crippen LogP) is 8.20. The molecule has 5 heteroatoms. The first kappa shape index (κ1) is 23.3. The van der Waals surface area contributed by atoms with Gasteiger partial charge in [-0.25, -0.2) is 0 Å². The summed E-state index contributed by atoms with van der Waals surface area (Å²) in [5.74, 6) is 0. The van der Waals surface area contributed by atoms with Crippen molar-refractivity contribution >= 4 is 59.3 Å². The topological polar surface area (TPSA) is 0 Å². The van der Waals surface area contributed by atoms with Crippen molar-refractivity contribution in [3.8, 4) is 0 Å². The second-order valence-electron chi connectivity index (χ2n) is 11.0. The van der Waals surface area contributed by atoms with E-state index in [1.165, 1.54) is 43.8 Å². The first-order chi connectivity index (χ1) is 14.2. The maximum absolute atomic E-state index is 7.70. The maximum Gasteiger partial charge on any atom is 0.118 e. The van der Waals surface area contributed by atoms with Crippen molar-refractivity contribution in [2.75, 3.05) is 0 Å². The molecule has 0 amide bonds. The molecule has 2 aromatic carbocycles. The molecule has 0 spiro atoms. The second kappa shape index (κ2) is 7.33. The van der Waals surface area contributed by atoms with E-state index in [0.29, 0.717) is 9.52 Å². The van der Waals surface area contributed by atoms with Crippen molar-refractivity contribution in [3.63, 3.8) is 0 Å². The molecule has 2 radical (unpaired) electrons. The van der Waals surface area contributed by atoms with Gasteiger partial charge in [0.15, 0.2) is 0 Å². The van der Waals surface area contributed by atoms with E-state index < -0.39 is 25.1 Å². The molecule has 2 aromatic rings. The normalized spacial score (nSPS) is 25.9. The number of fused-ring (bicyclic) bond motifs is 2. The molecule has 0 saturated heterocycles. The SMILES string of the molecule is CC1=C([Si](C)(C)C)c2ccccc2C1(Cl)[Si]C1(Cl)C(C)=C([Si](C)(C)C)c2ccccc21. The lowest BCUT2D eigenvalue weighted by atomic mass is 10.1. The number of rotatable bonds is 4. The van der Waals surface area contributed by atoms with Crippen LogP contribution in [0.2, 0.25) is 39.3 Å². The van der Waals surface area contributed by atoms with E-state index in [2.05, 4.69) is 102 Å². The van der Waals surface area contributed by atoms with Crippen LogP contribution in [-0.4, -0.2) is 25.7 Å². The molecule has 0 bridgehead atoms. The van der Waals surface area contributed by atoms with Crippen molar-refractivity contribution in [1.82, 2.24) is 0 Å². The number of hydrogen-bond acceptors (Lipinski definition) is 0. The zero-order valence-electron chi connectivity index (χ0n) is 19.9. The molecule has 2 atom stereocenters. The highest BCUT2D eigenvalue weighted by molar-refractivity contribution is 6.95. The first-order valence-electron chi connectivity index (χ1n) is 11.0. The number of hydrogen-bond donors (Lipinski definition) is 0. The van der Waals surface area contributed by atoms with E-state index >= 15 is 0 Å². The maximum atomic E-state index is 7.70. The van der Waals surface area contributed by atoms with Gasteiger partial charge in [0.2, 0.25) is 0 Å². The number of alkyl halides is 2. The number of allylic oxidation sites excluding steroid dienone is 2. The van der Waals surface area contributed by atoms with E-state index in [4.69, 9.17) is 23.2 Å². The fourth-order valence-electron chi connectivity index (χ4n) is 5.65. The molecule has 2 aliphatic rings. The quantitative estimate of drug-likeness (QED) is 0.294. The van der Waals surface area contributed by atoms with Crippen LogP contribution >= 0.6 is 23.2 Å². The lowest BCUT2D eigenvalue weighted by Crippen LogP contribution is -2.40. The first-order valence-corrected chi connectivity index (χ1v) is 19.8. The Bertz CT molecular complexity index is 1040. The van der Waals surface area contributed by atoms with Gasteiger partial charge in [0.1, 0.15) is 9.52 Å². The Morgan fingerprint density at radius 2 is 0.935 bits per heavy atom. The molecular formula is C26H32Cl2Si3. The number of halogens is 2. The summed E-state index contributed by atoms with van der Waals surface area (Å²) in [6, 6.07) is 17.5. The second-order valence-corrected chi connectivity index (χ2v) is 24.6. The van der Waals surface area contributed by atoms with E-state index in [9.17, 15) is 0 Å². The van der Waals surface area contributed by atoms with Gasteiger partial charge in [0, 0.05) is 0 Å². The summed E-state index contributed by atoms with van der Waals surface area (Å²) < 4.78 is -1.12. The molecule has 162 valence electrons. The van der Waals surface area contributed by atoms with Gasteiger partial charge in [-0.05, 0) is 36.1 Å². The molecular weight excluding hydrogens is 467 g/mol. The van der Waals surface area contributed by atoms with Crippen LogP contribution in [-0.2, 0) is 8.99 Å².